The third-order valence-corrected chi connectivity index (χ3v) is 4.87. The van der Waals surface area contributed by atoms with Crippen molar-refractivity contribution < 1.29 is 73.6 Å². The zero-order chi connectivity index (χ0) is 35.0. The van der Waals surface area contributed by atoms with Crippen molar-refractivity contribution in [1.82, 2.24) is 24.9 Å². The zero-order valence-corrected chi connectivity index (χ0v) is 21.8. The highest BCUT2D eigenvalue weighted by Gasteiger charge is 2.39. The topological polar surface area (TPSA) is 191 Å². The van der Waals surface area contributed by atoms with Crippen LogP contribution in [-0.4, -0.2) is 76.7 Å². The first kappa shape index (κ1) is 36.4. The van der Waals surface area contributed by atoms with Crippen LogP contribution in [0.2, 0.25) is 0 Å². The number of hydrogen-bond donors (Lipinski definition) is 5. The van der Waals surface area contributed by atoms with Gasteiger partial charge in [-0.25, -0.2) is 28.7 Å². The van der Waals surface area contributed by atoms with Crippen LogP contribution in [0.25, 0.3) is 33.9 Å². The maximum atomic E-state index is 14.2. The van der Waals surface area contributed by atoms with Gasteiger partial charge in [-0.15, -0.1) is 0 Å². The minimum absolute atomic E-state index is 0.372. The molecule has 0 spiro atoms. The van der Waals surface area contributed by atoms with Gasteiger partial charge in [0.25, 0.3) is 0 Å². The van der Waals surface area contributed by atoms with Crippen LogP contribution in [0.3, 0.4) is 0 Å². The van der Waals surface area contributed by atoms with Crippen LogP contribution >= 0.6 is 0 Å². The molecule has 246 valence electrons. The van der Waals surface area contributed by atoms with Gasteiger partial charge >= 0.3 is 36.4 Å². The molecule has 0 saturated carbocycles. The van der Waals surface area contributed by atoms with E-state index in [4.69, 9.17) is 29.7 Å². The van der Waals surface area contributed by atoms with Gasteiger partial charge in [-0.2, -0.15) is 39.5 Å². The lowest BCUT2D eigenvalue weighted by atomic mass is 10.1. The van der Waals surface area contributed by atoms with Gasteiger partial charge in [-0.3, -0.25) is 9.97 Å². The van der Waals surface area contributed by atoms with Gasteiger partial charge in [0.15, 0.2) is 5.82 Å². The van der Waals surface area contributed by atoms with E-state index in [1.807, 2.05) is 18.2 Å². The number of carboxylic acid groups (broad SMARTS) is 3. The van der Waals surface area contributed by atoms with Crippen LogP contribution < -0.4 is 5.32 Å². The summed E-state index contributed by atoms with van der Waals surface area (Å²) in [5, 5.41) is 24.7. The summed E-state index contributed by atoms with van der Waals surface area (Å²) in [5.41, 5.74) is 4.43. The number of nitrogens with one attached hydrogen (secondary N) is 2. The molecule has 0 fully saturated rings. The number of anilines is 2. The summed E-state index contributed by atoms with van der Waals surface area (Å²) in [6.45, 7) is 0. The SMILES string of the molecule is Fc1cnccc1-c1nc2c([nH]1)-c1ccncc1Nc1ncccc1-2.O=C(O)C(F)(F)F.O=C(O)C(F)(F)F.O=C(O)C(F)(F)F. The number of aromatic amines is 1. The molecule has 0 amide bonds. The number of hydrogen-bond acceptors (Lipinski definition) is 8. The van der Waals surface area contributed by atoms with E-state index < -0.39 is 42.3 Å². The number of rotatable bonds is 1. The summed E-state index contributed by atoms with van der Waals surface area (Å²) >= 11 is 0. The van der Waals surface area contributed by atoms with E-state index in [1.54, 1.807) is 30.9 Å². The Labute approximate surface area is 247 Å². The second-order valence-electron chi connectivity index (χ2n) is 8.02. The number of alkyl halides is 9. The normalized spacial score (nSPS) is 11.5. The van der Waals surface area contributed by atoms with E-state index in [9.17, 15) is 43.9 Å². The molecular formula is C24H14F10N6O6. The summed E-state index contributed by atoms with van der Waals surface area (Å²) < 4.78 is 109. The molecule has 0 atom stereocenters. The maximum absolute atomic E-state index is 14.2. The largest absolute Gasteiger partial charge is 0.490 e. The van der Waals surface area contributed by atoms with Gasteiger partial charge in [0, 0.05) is 29.7 Å². The number of halogens is 10. The lowest BCUT2D eigenvalue weighted by Gasteiger charge is -2.07. The van der Waals surface area contributed by atoms with Crippen molar-refractivity contribution in [3.8, 4) is 33.9 Å². The van der Waals surface area contributed by atoms with E-state index in [1.165, 1.54) is 6.20 Å². The molecule has 0 aromatic carbocycles. The molecule has 0 bridgehead atoms. The fraction of sp³-hybridized carbons (Fsp3) is 0.125. The van der Waals surface area contributed by atoms with Crippen LogP contribution in [0, 0.1) is 5.82 Å². The number of fused-ring (bicyclic) bond motifs is 5. The molecule has 0 aliphatic carbocycles. The summed E-state index contributed by atoms with van der Waals surface area (Å²) in [6, 6.07) is 7.27. The first-order valence-corrected chi connectivity index (χ1v) is 11.4. The molecule has 0 radical (unpaired) electrons. The number of H-pyrrole nitrogens is 1. The third-order valence-electron chi connectivity index (χ3n) is 4.87. The van der Waals surface area contributed by atoms with Gasteiger partial charge in [0.1, 0.15) is 17.3 Å². The average molecular weight is 672 g/mol. The lowest BCUT2D eigenvalue weighted by Crippen LogP contribution is -2.21. The van der Waals surface area contributed by atoms with Gasteiger partial charge in [0.2, 0.25) is 0 Å². The van der Waals surface area contributed by atoms with Crippen molar-refractivity contribution in [2.75, 3.05) is 5.32 Å². The monoisotopic (exact) mass is 672 g/mol. The average Bonchev–Trinajstić information content (AvgIpc) is 3.33. The molecule has 5 N–H and O–H groups in total. The van der Waals surface area contributed by atoms with E-state index in [0.29, 0.717) is 22.9 Å². The molecular weight excluding hydrogens is 658 g/mol. The van der Waals surface area contributed by atoms with Gasteiger partial charge < -0.3 is 25.6 Å². The minimum Gasteiger partial charge on any atom is -0.475 e. The standard InChI is InChI=1S/C18H11FN6.3C2HF3O2/c19-13-8-20-6-3-10(13)18-24-15-11-4-7-21-9-14(11)23-17-12(16(15)25-18)2-1-5-22-17;3*3-2(4,5)1(6)7/h1-9H,(H,22,23)(H,24,25);3*(H,6,7). The minimum atomic E-state index is -5.08. The number of carboxylic acids is 3. The molecule has 22 heteroatoms. The molecule has 4 aromatic rings. The van der Waals surface area contributed by atoms with Crippen LogP contribution in [0.1, 0.15) is 0 Å². The summed E-state index contributed by atoms with van der Waals surface area (Å²) in [5.74, 6) is -7.56. The Balaban J connectivity index is 0.000000289. The Morgan fingerprint density at radius 1 is 0.674 bits per heavy atom. The number of imidazole rings is 1. The summed E-state index contributed by atoms with van der Waals surface area (Å²) in [4.78, 5) is 47.0. The number of carbonyl (C=O) groups is 3. The molecule has 46 heavy (non-hydrogen) atoms. The highest BCUT2D eigenvalue weighted by molar-refractivity contribution is 5.95. The van der Waals surface area contributed by atoms with Crippen LogP contribution in [-0.2, 0) is 14.4 Å². The van der Waals surface area contributed by atoms with Crippen molar-refractivity contribution in [1.29, 1.82) is 0 Å². The lowest BCUT2D eigenvalue weighted by molar-refractivity contribution is -0.193. The van der Waals surface area contributed by atoms with Crippen molar-refractivity contribution in [2.24, 2.45) is 0 Å². The van der Waals surface area contributed by atoms with Crippen molar-refractivity contribution in [3.63, 3.8) is 0 Å². The smallest absolute Gasteiger partial charge is 0.475 e. The fourth-order valence-electron chi connectivity index (χ4n) is 2.99. The number of pyridine rings is 3. The Morgan fingerprint density at radius 2 is 1.15 bits per heavy atom. The zero-order valence-electron chi connectivity index (χ0n) is 21.8. The number of aliphatic carboxylic acids is 3. The van der Waals surface area contributed by atoms with Crippen molar-refractivity contribution >= 4 is 29.4 Å². The Bertz CT molecular complexity index is 1590. The Kier molecular flexibility index (Phi) is 11.3. The molecule has 12 nitrogen and oxygen atoms in total. The summed E-state index contributed by atoms with van der Waals surface area (Å²) in [7, 11) is 0. The summed E-state index contributed by atoms with van der Waals surface area (Å²) in [6.07, 6.45) is -7.38. The van der Waals surface area contributed by atoms with Crippen LogP contribution in [0.5, 0.6) is 0 Å². The van der Waals surface area contributed by atoms with Crippen LogP contribution in [0.15, 0.2) is 55.2 Å². The predicted molar refractivity (Wildman–Crippen MR) is 133 cm³/mol. The fourth-order valence-corrected chi connectivity index (χ4v) is 2.99. The highest BCUT2D eigenvalue weighted by atomic mass is 19.4. The van der Waals surface area contributed by atoms with E-state index >= 15 is 0 Å². The van der Waals surface area contributed by atoms with E-state index in [-0.39, 0.29) is 0 Å². The first-order valence-electron chi connectivity index (χ1n) is 11.4. The van der Waals surface area contributed by atoms with Gasteiger partial charge in [-0.05, 0) is 24.3 Å². The Hall–Kier alpha value is -5.83. The second-order valence-corrected chi connectivity index (χ2v) is 8.02. The Morgan fingerprint density at radius 3 is 1.63 bits per heavy atom. The van der Waals surface area contributed by atoms with E-state index in [2.05, 4.69) is 30.2 Å². The van der Waals surface area contributed by atoms with Gasteiger partial charge in [-0.1, -0.05) is 0 Å². The maximum Gasteiger partial charge on any atom is 0.490 e. The molecule has 4 aromatic heterocycles. The highest BCUT2D eigenvalue weighted by Crippen LogP contribution is 2.42. The third kappa shape index (κ3) is 9.85. The molecule has 1 aliphatic rings. The molecule has 1 aliphatic heterocycles. The van der Waals surface area contributed by atoms with Crippen LogP contribution in [0.4, 0.5) is 55.4 Å². The molecule has 5 heterocycles. The molecule has 0 saturated heterocycles. The molecule has 0 unspecified atom stereocenters. The first-order chi connectivity index (χ1) is 21.1. The predicted octanol–water partition coefficient (Wildman–Crippen LogP) is 5.69. The van der Waals surface area contributed by atoms with Crippen molar-refractivity contribution in [3.05, 3.63) is 61.1 Å². The van der Waals surface area contributed by atoms with Gasteiger partial charge in [0.05, 0.1) is 29.3 Å². The number of nitrogens with zero attached hydrogens (tertiary/aromatic N) is 4. The molecule has 5 rings (SSSR count). The number of aromatic nitrogens is 5. The quantitative estimate of drug-likeness (QED) is 0.138. The van der Waals surface area contributed by atoms with E-state index in [0.717, 1.165) is 22.5 Å². The second kappa shape index (κ2) is 14.3. The van der Waals surface area contributed by atoms with Crippen molar-refractivity contribution in [2.45, 2.75) is 18.5 Å².